The maximum atomic E-state index is 11.3. The molecule has 0 spiro atoms. The molecule has 3 N–H and O–H groups in total. The Morgan fingerprint density at radius 1 is 1.54 bits per heavy atom. The number of nitrogens with zero attached hydrogens (tertiary/aromatic N) is 1. The average Bonchev–Trinajstić information content (AvgIpc) is 1.98. The van der Waals surface area contributed by atoms with E-state index in [0.29, 0.717) is 6.54 Å². The lowest BCUT2D eigenvalue weighted by Crippen LogP contribution is -2.38. The molecule has 0 aromatic rings. The standard InChI is InChI=1S/C8H16N2O3/c1-3-10(5-8(12)13)7(11)4-6(2)9/h6H,3-5,9H2,1-2H3,(H,12,13). The van der Waals surface area contributed by atoms with E-state index in [2.05, 4.69) is 0 Å². The second-order valence-corrected chi connectivity index (χ2v) is 2.98. The third-order valence-corrected chi connectivity index (χ3v) is 1.56. The van der Waals surface area contributed by atoms with Gasteiger partial charge in [0.2, 0.25) is 5.91 Å². The largest absolute Gasteiger partial charge is 0.480 e. The molecule has 76 valence electrons. The van der Waals surface area contributed by atoms with Gasteiger partial charge in [0.05, 0.1) is 0 Å². The number of likely N-dealkylation sites (N-methyl/N-ethyl adjacent to an activating group) is 1. The summed E-state index contributed by atoms with van der Waals surface area (Å²) in [4.78, 5) is 22.9. The topological polar surface area (TPSA) is 83.6 Å². The van der Waals surface area contributed by atoms with E-state index in [-0.39, 0.29) is 24.9 Å². The molecule has 5 nitrogen and oxygen atoms in total. The van der Waals surface area contributed by atoms with Crippen LogP contribution >= 0.6 is 0 Å². The number of carbonyl (C=O) groups excluding carboxylic acids is 1. The first-order valence-electron chi connectivity index (χ1n) is 4.22. The van der Waals surface area contributed by atoms with Crippen molar-refractivity contribution in [3.63, 3.8) is 0 Å². The van der Waals surface area contributed by atoms with Crippen molar-refractivity contribution in [2.45, 2.75) is 26.3 Å². The molecule has 0 saturated carbocycles. The number of carboxylic acid groups (broad SMARTS) is 1. The van der Waals surface area contributed by atoms with Gasteiger partial charge in [0, 0.05) is 19.0 Å². The van der Waals surface area contributed by atoms with E-state index in [0.717, 1.165) is 0 Å². The van der Waals surface area contributed by atoms with Gasteiger partial charge in [-0.15, -0.1) is 0 Å². The number of carboxylic acids is 1. The first-order chi connectivity index (χ1) is 5.97. The Morgan fingerprint density at radius 3 is 2.38 bits per heavy atom. The fourth-order valence-electron chi connectivity index (χ4n) is 0.944. The van der Waals surface area contributed by atoms with E-state index < -0.39 is 5.97 Å². The molecule has 0 bridgehead atoms. The van der Waals surface area contributed by atoms with Crippen molar-refractivity contribution < 1.29 is 14.7 Å². The van der Waals surface area contributed by atoms with Crippen LogP contribution < -0.4 is 5.73 Å². The zero-order valence-corrected chi connectivity index (χ0v) is 7.99. The van der Waals surface area contributed by atoms with E-state index in [1.807, 2.05) is 0 Å². The molecular formula is C8H16N2O3. The van der Waals surface area contributed by atoms with Crippen LogP contribution in [0.5, 0.6) is 0 Å². The lowest BCUT2D eigenvalue weighted by Gasteiger charge is -2.19. The minimum atomic E-state index is -1.00. The van der Waals surface area contributed by atoms with Gasteiger partial charge in [-0.2, -0.15) is 0 Å². The van der Waals surface area contributed by atoms with Crippen molar-refractivity contribution in [2.24, 2.45) is 5.73 Å². The van der Waals surface area contributed by atoms with Crippen LogP contribution in [0.4, 0.5) is 0 Å². The van der Waals surface area contributed by atoms with Crippen LogP contribution in [0.25, 0.3) is 0 Å². The summed E-state index contributed by atoms with van der Waals surface area (Å²) in [6.45, 7) is 3.61. The first-order valence-corrected chi connectivity index (χ1v) is 4.22. The quantitative estimate of drug-likeness (QED) is 0.618. The number of rotatable bonds is 5. The smallest absolute Gasteiger partial charge is 0.323 e. The van der Waals surface area contributed by atoms with Crippen LogP contribution in [0.2, 0.25) is 0 Å². The van der Waals surface area contributed by atoms with E-state index >= 15 is 0 Å². The van der Waals surface area contributed by atoms with Crippen LogP contribution in [0.15, 0.2) is 0 Å². The lowest BCUT2D eigenvalue weighted by molar-refractivity contribution is -0.144. The molecule has 5 heteroatoms. The maximum absolute atomic E-state index is 11.3. The normalized spacial score (nSPS) is 12.2. The molecule has 0 fully saturated rings. The summed E-state index contributed by atoms with van der Waals surface area (Å²) >= 11 is 0. The Balaban J connectivity index is 4.07. The fraction of sp³-hybridized carbons (Fsp3) is 0.750. The molecule has 13 heavy (non-hydrogen) atoms. The zero-order chi connectivity index (χ0) is 10.4. The zero-order valence-electron chi connectivity index (χ0n) is 7.99. The maximum Gasteiger partial charge on any atom is 0.323 e. The number of aliphatic carboxylic acids is 1. The van der Waals surface area contributed by atoms with Gasteiger partial charge in [-0.25, -0.2) is 0 Å². The number of hydrogen-bond acceptors (Lipinski definition) is 3. The number of hydrogen-bond donors (Lipinski definition) is 2. The second-order valence-electron chi connectivity index (χ2n) is 2.98. The molecule has 1 amide bonds. The Hall–Kier alpha value is -1.10. The van der Waals surface area contributed by atoms with Gasteiger partial charge in [-0.05, 0) is 13.8 Å². The molecule has 0 aromatic carbocycles. The minimum absolute atomic E-state index is 0.196. The summed E-state index contributed by atoms with van der Waals surface area (Å²) in [6.07, 6.45) is 0.196. The summed E-state index contributed by atoms with van der Waals surface area (Å²) in [6, 6.07) is -0.227. The predicted octanol–water partition coefficient (Wildman–Crippen LogP) is -0.343. The van der Waals surface area contributed by atoms with Crippen LogP contribution in [0.3, 0.4) is 0 Å². The molecular weight excluding hydrogens is 172 g/mol. The molecule has 0 rings (SSSR count). The Bertz CT molecular complexity index is 192. The van der Waals surface area contributed by atoms with Crippen LogP contribution in [-0.2, 0) is 9.59 Å². The van der Waals surface area contributed by atoms with E-state index in [9.17, 15) is 9.59 Å². The highest BCUT2D eigenvalue weighted by Gasteiger charge is 2.15. The molecule has 0 aliphatic rings. The van der Waals surface area contributed by atoms with Gasteiger partial charge in [0.1, 0.15) is 6.54 Å². The van der Waals surface area contributed by atoms with E-state index in [1.165, 1.54) is 4.90 Å². The first kappa shape index (κ1) is 11.9. The Kier molecular flexibility index (Phi) is 5.06. The van der Waals surface area contributed by atoms with Crippen molar-refractivity contribution >= 4 is 11.9 Å². The van der Waals surface area contributed by atoms with Gasteiger partial charge >= 0.3 is 5.97 Å². The lowest BCUT2D eigenvalue weighted by atomic mass is 10.2. The van der Waals surface area contributed by atoms with Crippen molar-refractivity contribution in [3.8, 4) is 0 Å². The number of carbonyl (C=O) groups is 2. The van der Waals surface area contributed by atoms with Gasteiger partial charge in [0.15, 0.2) is 0 Å². The molecule has 1 unspecified atom stereocenters. The summed E-state index contributed by atoms with van der Waals surface area (Å²) in [5.74, 6) is -1.21. The van der Waals surface area contributed by atoms with E-state index in [4.69, 9.17) is 10.8 Å². The van der Waals surface area contributed by atoms with Gasteiger partial charge < -0.3 is 15.7 Å². The molecule has 0 saturated heterocycles. The monoisotopic (exact) mass is 188 g/mol. The Morgan fingerprint density at radius 2 is 2.08 bits per heavy atom. The second kappa shape index (κ2) is 5.53. The summed E-state index contributed by atoms with van der Waals surface area (Å²) in [5, 5.41) is 8.47. The number of nitrogens with two attached hydrogens (primary N) is 1. The van der Waals surface area contributed by atoms with Crippen LogP contribution in [0, 0.1) is 0 Å². The Labute approximate surface area is 77.5 Å². The summed E-state index contributed by atoms with van der Waals surface area (Å²) in [5.41, 5.74) is 5.42. The van der Waals surface area contributed by atoms with Gasteiger partial charge in [-0.1, -0.05) is 0 Å². The minimum Gasteiger partial charge on any atom is -0.480 e. The highest BCUT2D eigenvalue weighted by atomic mass is 16.4. The average molecular weight is 188 g/mol. The summed E-state index contributed by atoms with van der Waals surface area (Å²) < 4.78 is 0. The van der Waals surface area contributed by atoms with Crippen molar-refractivity contribution in [1.82, 2.24) is 4.90 Å². The SMILES string of the molecule is CCN(CC(=O)O)C(=O)CC(C)N. The van der Waals surface area contributed by atoms with Gasteiger partial charge in [0.25, 0.3) is 0 Å². The van der Waals surface area contributed by atoms with Crippen LogP contribution in [0.1, 0.15) is 20.3 Å². The molecule has 0 aromatic heterocycles. The van der Waals surface area contributed by atoms with E-state index in [1.54, 1.807) is 13.8 Å². The van der Waals surface area contributed by atoms with Crippen LogP contribution in [-0.4, -0.2) is 41.0 Å². The van der Waals surface area contributed by atoms with Gasteiger partial charge in [-0.3, -0.25) is 9.59 Å². The molecule has 0 heterocycles. The third-order valence-electron chi connectivity index (χ3n) is 1.56. The highest BCUT2D eigenvalue weighted by molar-refractivity contribution is 5.81. The number of amides is 1. The highest BCUT2D eigenvalue weighted by Crippen LogP contribution is 1.96. The van der Waals surface area contributed by atoms with Crippen molar-refractivity contribution in [3.05, 3.63) is 0 Å². The van der Waals surface area contributed by atoms with Crippen molar-refractivity contribution in [2.75, 3.05) is 13.1 Å². The summed E-state index contributed by atoms with van der Waals surface area (Å²) in [7, 11) is 0. The third kappa shape index (κ3) is 5.19. The molecule has 0 aliphatic carbocycles. The predicted molar refractivity (Wildman–Crippen MR) is 48.2 cm³/mol. The molecule has 0 aliphatic heterocycles. The molecule has 1 atom stereocenters. The fourth-order valence-corrected chi connectivity index (χ4v) is 0.944. The van der Waals surface area contributed by atoms with Crippen molar-refractivity contribution in [1.29, 1.82) is 0 Å². The molecule has 0 radical (unpaired) electrons.